The number of aromatic nitrogens is 2. The summed E-state index contributed by atoms with van der Waals surface area (Å²) in [4.78, 5) is 9.40. The van der Waals surface area contributed by atoms with Gasteiger partial charge in [0, 0.05) is 23.7 Å². The van der Waals surface area contributed by atoms with Gasteiger partial charge in [-0.05, 0) is 38.5 Å². The maximum absolute atomic E-state index is 5.46. The summed E-state index contributed by atoms with van der Waals surface area (Å²) < 4.78 is 10.8. The first-order valence-electron chi connectivity index (χ1n) is 9.31. The van der Waals surface area contributed by atoms with E-state index >= 15 is 0 Å². The molecule has 1 aliphatic rings. The molecule has 144 valence electrons. The summed E-state index contributed by atoms with van der Waals surface area (Å²) >= 11 is 0. The number of hydrogen-bond donors (Lipinski definition) is 2. The molecule has 4 rings (SSSR count). The number of ether oxygens (including phenoxy) is 2. The van der Waals surface area contributed by atoms with E-state index in [4.69, 9.17) is 19.4 Å². The second kappa shape index (κ2) is 7.38. The van der Waals surface area contributed by atoms with Crippen LogP contribution < -0.4 is 20.1 Å². The minimum atomic E-state index is -0.100. The maximum atomic E-state index is 5.46. The zero-order chi connectivity index (χ0) is 19.6. The minimum Gasteiger partial charge on any atom is -0.454 e. The number of nitrogens with zero attached hydrogens (tertiary/aromatic N) is 2. The Morgan fingerprint density at radius 3 is 2.43 bits per heavy atom. The Morgan fingerprint density at radius 1 is 0.893 bits per heavy atom. The van der Waals surface area contributed by atoms with E-state index in [0.717, 1.165) is 34.3 Å². The lowest BCUT2D eigenvalue weighted by Crippen LogP contribution is -2.27. The summed E-state index contributed by atoms with van der Waals surface area (Å²) in [6.45, 7) is 7.22. The molecule has 0 saturated carbocycles. The molecule has 0 saturated heterocycles. The van der Waals surface area contributed by atoms with Crippen LogP contribution in [0.15, 0.2) is 54.6 Å². The molecule has 2 aromatic carbocycles. The van der Waals surface area contributed by atoms with Crippen molar-refractivity contribution in [2.45, 2.75) is 32.9 Å². The second-order valence-electron chi connectivity index (χ2n) is 7.74. The first kappa shape index (κ1) is 18.1. The van der Waals surface area contributed by atoms with Gasteiger partial charge in [0.2, 0.25) is 6.79 Å². The molecule has 2 N–H and O–H groups in total. The lowest BCUT2D eigenvalue weighted by molar-refractivity contribution is 0.174. The molecule has 6 nitrogen and oxygen atoms in total. The molecular weight excluding hydrogens is 352 g/mol. The first-order valence-corrected chi connectivity index (χ1v) is 9.31. The molecule has 1 aromatic heterocycles. The monoisotopic (exact) mass is 376 g/mol. The molecule has 0 atom stereocenters. The fourth-order valence-electron chi connectivity index (χ4n) is 2.95. The predicted molar refractivity (Wildman–Crippen MR) is 111 cm³/mol. The number of rotatable bonds is 5. The van der Waals surface area contributed by atoms with E-state index in [1.807, 2.05) is 54.6 Å². The Kier molecular flexibility index (Phi) is 4.77. The van der Waals surface area contributed by atoms with Gasteiger partial charge >= 0.3 is 0 Å². The van der Waals surface area contributed by atoms with Crippen LogP contribution in [0.3, 0.4) is 0 Å². The highest BCUT2D eigenvalue weighted by atomic mass is 16.7. The molecule has 2 heterocycles. The second-order valence-corrected chi connectivity index (χ2v) is 7.74. The Labute approximate surface area is 164 Å². The van der Waals surface area contributed by atoms with Crippen molar-refractivity contribution in [1.29, 1.82) is 0 Å². The standard InChI is InChI=1S/C22H24N4O2/c1-22(2,3)26-20-12-19(24-21(25-20)16-7-5-4-6-8-16)23-13-15-9-10-17-18(11-15)28-14-27-17/h4-12H,13-14H2,1-3H3,(H2,23,24,25,26). The SMILES string of the molecule is CC(C)(C)Nc1cc(NCc2ccc3c(c2)OCO3)nc(-c2ccccc2)n1. The average molecular weight is 376 g/mol. The molecule has 0 unspecified atom stereocenters. The van der Waals surface area contributed by atoms with E-state index in [1.165, 1.54) is 0 Å². The Balaban J connectivity index is 1.59. The van der Waals surface area contributed by atoms with Crippen molar-refractivity contribution in [2.75, 3.05) is 17.4 Å². The number of nitrogens with one attached hydrogen (secondary N) is 2. The van der Waals surface area contributed by atoms with Crippen LogP contribution in [0.2, 0.25) is 0 Å². The van der Waals surface area contributed by atoms with E-state index in [9.17, 15) is 0 Å². The molecule has 0 bridgehead atoms. The van der Waals surface area contributed by atoms with Crippen molar-refractivity contribution in [3.63, 3.8) is 0 Å². The van der Waals surface area contributed by atoms with Crippen molar-refractivity contribution < 1.29 is 9.47 Å². The molecule has 0 radical (unpaired) electrons. The van der Waals surface area contributed by atoms with Gasteiger partial charge in [-0.15, -0.1) is 0 Å². The highest BCUT2D eigenvalue weighted by Crippen LogP contribution is 2.32. The summed E-state index contributed by atoms with van der Waals surface area (Å²) in [5.41, 5.74) is 1.97. The van der Waals surface area contributed by atoms with Gasteiger partial charge in [-0.1, -0.05) is 36.4 Å². The van der Waals surface area contributed by atoms with E-state index in [2.05, 4.69) is 31.4 Å². The van der Waals surface area contributed by atoms with Gasteiger partial charge < -0.3 is 20.1 Å². The van der Waals surface area contributed by atoms with Gasteiger partial charge in [-0.2, -0.15) is 0 Å². The molecule has 0 fully saturated rings. The van der Waals surface area contributed by atoms with Crippen LogP contribution in [0.25, 0.3) is 11.4 Å². The largest absolute Gasteiger partial charge is 0.454 e. The van der Waals surface area contributed by atoms with E-state index in [-0.39, 0.29) is 12.3 Å². The zero-order valence-electron chi connectivity index (χ0n) is 16.3. The van der Waals surface area contributed by atoms with Crippen LogP contribution in [0, 0.1) is 0 Å². The molecule has 0 spiro atoms. The van der Waals surface area contributed by atoms with Crippen LogP contribution in [-0.2, 0) is 6.54 Å². The fraction of sp³-hybridized carbons (Fsp3) is 0.273. The lowest BCUT2D eigenvalue weighted by Gasteiger charge is -2.22. The molecule has 3 aromatic rings. The van der Waals surface area contributed by atoms with Gasteiger partial charge in [-0.3, -0.25) is 0 Å². The summed E-state index contributed by atoms with van der Waals surface area (Å²) in [7, 11) is 0. The molecule has 1 aliphatic heterocycles. The highest BCUT2D eigenvalue weighted by Gasteiger charge is 2.15. The van der Waals surface area contributed by atoms with Crippen LogP contribution >= 0.6 is 0 Å². The van der Waals surface area contributed by atoms with Gasteiger partial charge in [0.05, 0.1) is 0 Å². The first-order chi connectivity index (χ1) is 13.5. The third kappa shape index (κ3) is 4.34. The number of fused-ring (bicyclic) bond motifs is 1. The minimum absolute atomic E-state index is 0.100. The van der Waals surface area contributed by atoms with Crippen LogP contribution in [-0.4, -0.2) is 22.3 Å². The van der Waals surface area contributed by atoms with Crippen LogP contribution in [0.1, 0.15) is 26.3 Å². The molecule has 28 heavy (non-hydrogen) atoms. The third-order valence-electron chi connectivity index (χ3n) is 4.17. The normalized spacial score (nSPS) is 12.7. The van der Waals surface area contributed by atoms with Crippen LogP contribution in [0.5, 0.6) is 11.5 Å². The van der Waals surface area contributed by atoms with Crippen molar-refractivity contribution in [2.24, 2.45) is 0 Å². The molecule has 6 heteroatoms. The van der Waals surface area contributed by atoms with Crippen molar-refractivity contribution in [3.8, 4) is 22.9 Å². The van der Waals surface area contributed by atoms with Crippen molar-refractivity contribution >= 4 is 11.6 Å². The van der Waals surface area contributed by atoms with Gasteiger partial charge in [0.1, 0.15) is 11.6 Å². The van der Waals surface area contributed by atoms with Gasteiger partial charge in [0.25, 0.3) is 0 Å². The smallest absolute Gasteiger partial charge is 0.231 e. The van der Waals surface area contributed by atoms with Gasteiger partial charge in [-0.25, -0.2) is 9.97 Å². The average Bonchev–Trinajstić information content (AvgIpc) is 3.13. The molecule has 0 aliphatic carbocycles. The van der Waals surface area contributed by atoms with Crippen LogP contribution in [0.4, 0.5) is 11.6 Å². The lowest BCUT2D eigenvalue weighted by atomic mass is 10.1. The van der Waals surface area contributed by atoms with Gasteiger partial charge in [0.15, 0.2) is 17.3 Å². The summed E-state index contributed by atoms with van der Waals surface area (Å²) in [6, 6.07) is 17.9. The Bertz CT molecular complexity index is 968. The Hall–Kier alpha value is -3.28. The summed E-state index contributed by atoms with van der Waals surface area (Å²) in [5.74, 6) is 3.80. The van der Waals surface area contributed by atoms with E-state index in [1.54, 1.807) is 0 Å². The summed E-state index contributed by atoms with van der Waals surface area (Å²) in [5, 5.41) is 6.84. The number of benzene rings is 2. The summed E-state index contributed by atoms with van der Waals surface area (Å²) in [6.07, 6.45) is 0. The maximum Gasteiger partial charge on any atom is 0.231 e. The van der Waals surface area contributed by atoms with E-state index in [0.29, 0.717) is 12.4 Å². The zero-order valence-corrected chi connectivity index (χ0v) is 16.3. The molecular formula is C22H24N4O2. The van der Waals surface area contributed by atoms with Crippen molar-refractivity contribution in [3.05, 3.63) is 60.2 Å². The topological polar surface area (TPSA) is 68.3 Å². The molecule has 0 amide bonds. The van der Waals surface area contributed by atoms with Crippen molar-refractivity contribution in [1.82, 2.24) is 9.97 Å². The quantitative estimate of drug-likeness (QED) is 0.673. The fourth-order valence-corrected chi connectivity index (χ4v) is 2.95. The number of hydrogen-bond acceptors (Lipinski definition) is 6. The third-order valence-corrected chi connectivity index (χ3v) is 4.17. The highest BCUT2D eigenvalue weighted by molar-refractivity contribution is 5.61. The number of anilines is 2. The predicted octanol–water partition coefficient (Wildman–Crippen LogP) is 4.69. The van der Waals surface area contributed by atoms with E-state index < -0.39 is 0 Å². The Morgan fingerprint density at radius 2 is 1.64 bits per heavy atom.